The van der Waals surface area contributed by atoms with Gasteiger partial charge in [0.2, 0.25) is 0 Å². The molecule has 3 rings (SSSR count). The summed E-state index contributed by atoms with van der Waals surface area (Å²) in [6, 6.07) is 16.5. The van der Waals surface area contributed by atoms with E-state index < -0.39 is 0 Å². The lowest BCUT2D eigenvalue weighted by Gasteiger charge is -2.03. The average Bonchev–Trinajstić information content (AvgIpc) is 2.54. The third-order valence-electron chi connectivity index (χ3n) is 2.98. The summed E-state index contributed by atoms with van der Waals surface area (Å²) in [5, 5.41) is 17.7. The summed E-state index contributed by atoms with van der Waals surface area (Å²) in [7, 11) is 0. The van der Waals surface area contributed by atoms with Crippen LogP contribution >= 0.6 is 0 Å². The molecule has 1 aromatic heterocycles. The quantitative estimate of drug-likeness (QED) is 0.670. The molecule has 0 aliphatic heterocycles. The van der Waals surface area contributed by atoms with Crippen molar-refractivity contribution in [2.24, 2.45) is 0 Å². The first-order valence-corrected chi connectivity index (χ1v) is 5.97. The molecular weight excluding hydrogens is 248 g/mol. The van der Waals surface area contributed by atoms with Crippen molar-refractivity contribution in [3.63, 3.8) is 0 Å². The number of nitrogens with zero attached hydrogens (tertiary/aromatic N) is 4. The van der Waals surface area contributed by atoms with E-state index in [9.17, 15) is 0 Å². The van der Waals surface area contributed by atoms with Gasteiger partial charge in [-0.3, -0.25) is 4.98 Å². The van der Waals surface area contributed by atoms with Crippen molar-refractivity contribution in [2.75, 3.05) is 0 Å². The summed E-state index contributed by atoms with van der Waals surface area (Å²) in [5.74, 6) is 0. The first kappa shape index (κ1) is 11.8. The Morgan fingerprint density at radius 3 is 2.20 bits per heavy atom. The summed E-state index contributed by atoms with van der Waals surface area (Å²) in [5.41, 5.74) is 4.21. The van der Waals surface area contributed by atoms with Crippen molar-refractivity contribution < 1.29 is 0 Å². The molecule has 20 heavy (non-hydrogen) atoms. The van der Waals surface area contributed by atoms with E-state index in [2.05, 4.69) is 22.1 Å². The molecule has 0 saturated carbocycles. The average molecular weight is 256 g/mol. The molecule has 0 spiro atoms. The molecular formula is C16H8N4. The first-order valence-electron chi connectivity index (χ1n) is 5.97. The molecule has 0 aliphatic rings. The molecule has 3 aromatic rings. The summed E-state index contributed by atoms with van der Waals surface area (Å²) >= 11 is 0. The van der Waals surface area contributed by atoms with E-state index in [1.54, 1.807) is 36.5 Å². The van der Waals surface area contributed by atoms with E-state index in [1.807, 2.05) is 12.1 Å². The van der Waals surface area contributed by atoms with Gasteiger partial charge in [0.25, 0.3) is 0 Å². The van der Waals surface area contributed by atoms with Crippen LogP contribution in [0.1, 0.15) is 11.1 Å². The van der Waals surface area contributed by atoms with Gasteiger partial charge in [-0.25, -0.2) is 4.98 Å². The lowest BCUT2D eigenvalue weighted by molar-refractivity contribution is 1.29. The van der Waals surface area contributed by atoms with Crippen molar-refractivity contribution in [1.29, 1.82) is 10.5 Å². The third kappa shape index (κ3) is 2.07. The minimum Gasteiger partial charge on any atom is -0.252 e. The zero-order valence-electron chi connectivity index (χ0n) is 10.4. The number of nitriles is 2. The lowest BCUT2D eigenvalue weighted by atomic mass is 10.1. The Morgan fingerprint density at radius 1 is 0.800 bits per heavy atom. The molecule has 4 nitrogen and oxygen atoms in total. The van der Waals surface area contributed by atoms with Crippen molar-refractivity contribution in [3.8, 4) is 23.4 Å². The molecule has 2 aromatic carbocycles. The second-order valence-electron chi connectivity index (χ2n) is 4.26. The first-order chi connectivity index (χ1) is 9.80. The highest BCUT2D eigenvalue weighted by Crippen LogP contribution is 2.20. The van der Waals surface area contributed by atoms with Gasteiger partial charge in [-0.2, -0.15) is 10.5 Å². The normalized spacial score (nSPS) is 9.90. The Balaban J connectivity index is 2.12. The van der Waals surface area contributed by atoms with Crippen LogP contribution in [0.4, 0.5) is 0 Å². The van der Waals surface area contributed by atoms with Gasteiger partial charge in [0.05, 0.1) is 46.2 Å². The van der Waals surface area contributed by atoms with E-state index in [1.165, 1.54) is 0 Å². The molecule has 0 fully saturated rings. The number of rotatable bonds is 1. The number of hydrogen-bond donors (Lipinski definition) is 0. The largest absolute Gasteiger partial charge is 0.252 e. The summed E-state index contributed by atoms with van der Waals surface area (Å²) < 4.78 is 0. The molecule has 0 N–H and O–H groups in total. The minimum absolute atomic E-state index is 0.559. The molecule has 0 unspecified atom stereocenters. The Morgan fingerprint density at radius 2 is 1.50 bits per heavy atom. The zero-order valence-corrected chi connectivity index (χ0v) is 10.4. The highest BCUT2D eigenvalue weighted by Gasteiger charge is 2.04. The predicted octanol–water partition coefficient (Wildman–Crippen LogP) is 3.04. The maximum Gasteiger partial charge on any atom is 0.0992 e. The van der Waals surface area contributed by atoms with Crippen molar-refractivity contribution in [2.45, 2.75) is 0 Å². The molecule has 0 radical (unpaired) electrons. The zero-order chi connectivity index (χ0) is 13.9. The van der Waals surface area contributed by atoms with Gasteiger partial charge in [0, 0.05) is 5.56 Å². The predicted molar refractivity (Wildman–Crippen MR) is 74.4 cm³/mol. The topological polar surface area (TPSA) is 73.4 Å². The van der Waals surface area contributed by atoms with E-state index in [0.29, 0.717) is 16.6 Å². The van der Waals surface area contributed by atoms with E-state index in [0.717, 1.165) is 16.8 Å². The highest BCUT2D eigenvalue weighted by atomic mass is 14.8. The van der Waals surface area contributed by atoms with E-state index in [4.69, 9.17) is 10.5 Å². The number of hydrogen-bond acceptors (Lipinski definition) is 4. The van der Waals surface area contributed by atoms with Gasteiger partial charge < -0.3 is 0 Å². The summed E-state index contributed by atoms with van der Waals surface area (Å²) in [4.78, 5) is 8.85. The summed E-state index contributed by atoms with van der Waals surface area (Å²) in [6.45, 7) is 0. The molecule has 4 heteroatoms. The minimum atomic E-state index is 0.559. The third-order valence-corrected chi connectivity index (χ3v) is 2.98. The standard InChI is InChI=1S/C16H8N4/c17-8-11-1-4-13(5-2-11)16-10-19-14-6-3-12(9-18)7-15(14)20-16/h1-7,10H. The molecule has 0 bridgehead atoms. The fraction of sp³-hybridized carbons (Fsp3) is 0. The van der Waals surface area contributed by atoms with Crippen molar-refractivity contribution in [3.05, 3.63) is 59.8 Å². The van der Waals surface area contributed by atoms with Gasteiger partial charge >= 0.3 is 0 Å². The molecule has 92 valence electrons. The van der Waals surface area contributed by atoms with Gasteiger partial charge in [0.15, 0.2) is 0 Å². The second kappa shape index (κ2) is 4.79. The molecule has 1 heterocycles. The fourth-order valence-electron chi connectivity index (χ4n) is 1.94. The smallest absolute Gasteiger partial charge is 0.0992 e. The van der Waals surface area contributed by atoms with Crippen LogP contribution in [-0.2, 0) is 0 Å². The Hall–Kier alpha value is -3.24. The van der Waals surface area contributed by atoms with Crippen molar-refractivity contribution >= 4 is 11.0 Å². The Kier molecular flexibility index (Phi) is 2.84. The number of aromatic nitrogens is 2. The Labute approximate surface area is 115 Å². The van der Waals surface area contributed by atoms with E-state index in [-0.39, 0.29) is 0 Å². The summed E-state index contributed by atoms with van der Waals surface area (Å²) in [6.07, 6.45) is 1.69. The van der Waals surface area contributed by atoms with Crippen LogP contribution in [0, 0.1) is 22.7 Å². The monoisotopic (exact) mass is 256 g/mol. The maximum absolute atomic E-state index is 8.91. The second-order valence-corrected chi connectivity index (χ2v) is 4.26. The van der Waals surface area contributed by atoms with Gasteiger partial charge in [-0.05, 0) is 30.3 Å². The Bertz CT molecular complexity index is 868. The van der Waals surface area contributed by atoms with Gasteiger partial charge in [-0.1, -0.05) is 12.1 Å². The van der Waals surface area contributed by atoms with E-state index >= 15 is 0 Å². The van der Waals surface area contributed by atoms with Crippen LogP contribution in [-0.4, -0.2) is 9.97 Å². The van der Waals surface area contributed by atoms with Crippen LogP contribution < -0.4 is 0 Å². The van der Waals surface area contributed by atoms with Gasteiger partial charge in [0.1, 0.15) is 0 Å². The highest BCUT2D eigenvalue weighted by molar-refractivity contribution is 5.78. The molecule has 0 amide bonds. The molecule has 0 atom stereocenters. The van der Waals surface area contributed by atoms with Crippen LogP contribution in [0.15, 0.2) is 48.7 Å². The molecule has 0 saturated heterocycles. The van der Waals surface area contributed by atoms with Crippen LogP contribution in [0.5, 0.6) is 0 Å². The van der Waals surface area contributed by atoms with Crippen molar-refractivity contribution in [1.82, 2.24) is 9.97 Å². The lowest BCUT2D eigenvalue weighted by Crippen LogP contribution is -1.89. The van der Waals surface area contributed by atoms with Crippen LogP contribution in [0.3, 0.4) is 0 Å². The number of benzene rings is 2. The van der Waals surface area contributed by atoms with Crippen LogP contribution in [0.2, 0.25) is 0 Å². The molecule has 0 aliphatic carbocycles. The SMILES string of the molecule is N#Cc1ccc(-c2cnc3ccc(C#N)cc3n2)cc1. The number of fused-ring (bicyclic) bond motifs is 1. The van der Waals surface area contributed by atoms with Gasteiger partial charge in [-0.15, -0.1) is 0 Å². The fourth-order valence-corrected chi connectivity index (χ4v) is 1.94. The maximum atomic E-state index is 8.91. The van der Waals surface area contributed by atoms with Crippen LogP contribution in [0.25, 0.3) is 22.3 Å².